The molecule has 0 N–H and O–H groups in total. The summed E-state index contributed by atoms with van der Waals surface area (Å²) in [5.74, 6) is -0.742. The predicted octanol–water partition coefficient (Wildman–Crippen LogP) is 4.32. The summed E-state index contributed by atoms with van der Waals surface area (Å²) < 4.78 is 10.3. The van der Waals surface area contributed by atoms with Crippen LogP contribution in [0.15, 0.2) is 51.6 Å². The molecule has 0 radical (unpaired) electrons. The van der Waals surface area contributed by atoms with Gasteiger partial charge in [0.25, 0.3) is 0 Å². The summed E-state index contributed by atoms with van der Waals surface area (Å²) in [6.07, 6.45) is 1.99. The zero-order valence-corrected chi connectivity index (χ0v) is 22.1. The van der Waals surface area contributed by atoms with Crippen molar-refractivity contribution < 1.29 is 23.9 Å². The first-order chi connectivity index (χ1) is 17.4. The number of amidine groups is 1. The van der Waals surface area contributed by atoms with Gasteiger partial charge in [-0.2, -0.15) is 0 Å². The van der Waals surface area contributed by atoms with Crippen LogP contribution in [0.1, 0.15) is 56.7 Å². The molecule has 36 heavy (non-hydrogen) atoms. The highest BCUT2D eigenvalue weighted by molar-refractivity contribution is 8.16. The maximum atomic E-state index is 13.3. The van der Waals surface area contributed by atoms with Crippen LogP contribution in [0, 0.1) is 12.8 Å². The van der Waals surface area contributed by atoms with Crippen LogP contribution >= 0.6 is 11.8 Å². The summed E-state index contributed by atoms with van der Waals surface area (Å²) in [6, 6.07) is 7.62. The summed E-state index contributed by atoms with van der Waals surface area (Å²) in [7, 11) is 1.38. The zero-order chi connectivity index (χ0) is 25.8. The summed E-state index contributed by atoms with van der Waals surface area (Å²) in [5.41, 5.74) is 4.04. The third-order valence-electron chi connectivity index (χ3n) is 6.79. The molecule has 1 fully saturated rings. The number of amides is 1. The lowest BCUT2D eigenvalue weighted by molar-refractivity contribution is -0.151. The molecule has 1 aromatic rings. The monoisotopic (exact) mass is 511 g/mol. The molecule has 0 aliphatic carbocycles. The van der Waals surface area contributed by atoms with Crippen molar-refractivity contribution in [3.63, 3.8) is 0 Å². The van der Waals surface area contributed by atoms with Crippen LogP contribution in [0.3, 0.4) is 0 Å². The van der Waals surface area contributed by atoms with Crippen molar-refractivity contribution in [2.24, 2.45) is 10.9 Å². The summed E-state index contributed by atoms with van der Waals surface area (Å²) in [6.45, 7) is 7.21. The Morgan fingerprint density at radius 1 is 1.17 bits per heavy atom. The molecule has 4 rings (SSSR count). The molecule has 1 atom stereocenters. The molecule has 8 nitrogen and oxygen atoms in total. The minimum Gasteiger partial charge on any atom is -0.466 e. The highest BCUT2D eigenvalue weighted by Gasteiger charge is 2.42. The highest BCUT2D eigenvalue weighted by atomic mass is 32.2. The van der Waals surface area contributed by atoms with E-state index in [1.54, 1.807) is 6.92 Å². The number of nitrogens with zero attached hydrogens (tertiary/aromatic N) is 3. The molecule has 0 saturated carbocycles. The Balaban J connectivity index is 1.57. The minimum absolute atomic E-state index is 0.00159. The number of fused-ring (bicyclic) bond motifs is 1. The van der Waals surface area contributed by atoms with Gasteiger partial charge in [-0.1, -0.05) is 48.5 Å². The summed E-state index contributed by atoms with van der Waals surface area (Å²) in [5, 5.41) is 2.72. The van der Waals surface area contributed by atoms with Gasteiger partial charge >= 0.3 is 11.9 Å². The first-order valence-electron chi connectivity index (χ1n) is 12.4. The lowest BCUT2D eigenvalue weighted by Gasteiger charge is -2.37. The molecule has 1 amide bonds. The lowest BCUT2D eigenvalue weighted by atomic mass is 9.92. The number of hydrogen-bond donors (Lipinski definition) is 0. The molecule has 3 aliphatic heterocycles. The number of methoxy groups -OCH3 is 1. The van der Waals surface area contributed by atoms with Crippen LogP contribution in [0.25, 0.3) is 0 Å². The van der Waals surface area contributed by atoms with Gasteiger partial charge in [0, 0.05) is 18.8 Å². The second-order valence-corrected chi connectivity index (χ2v) is 9.93. The van der Waals surface area contributed by atoms with Crippen molar-refractivity contribution in [2.75, 3.05) is 26.8 Å². The molecule has 0 aromatic heterocycles. The molecule has 0 bridgehead atoms. The molecule has 3 aliphatic rings. The number of esters is 2. The number of aryl methyl sites for hydroxylation is 1. The van der Waals surface area contributed by atoms with Crippen molar-refractivity contribution in [3.05, 3.63) is 57.8 Å². The van der Waals surface area contributed by atoms with Gasteiger partial charge in [0.05, 0.1) is 43.4 Å². The van der Waals surface area contributed by atoms with Crippen LogP contribution in [0.5, 0.6) is 0 Å². The van der Waals surface area contributed by atoms with Crippen molar-refractivity contribution in [1.82, 2.24) is 9.80 Å². The Kier molecular flexibility index (Phi) is 8.18. The van der Waals surface area contributed by atoms with E-state index >= 15 is 0 Å². The standard InChI is InChI=1S/C27H33N3O5S/c1-5-21-23(26(33)34-4)24(19-9-7-8-17(3)14-19)30-20(16-36-27(30)28-21)15-22(31)29-12-10-18(11-13-29)25(32)35-6-2/h7-9,14,16,18,24H,5-6,10-13,15H2,1-4H3/t24-/m0/s1. The van der Waals surface area contributed by atoms with Crippen LogP contribution in [0.4, 0.5) is 0 Å². The number of carbonyl (C=O) groups is 3. The molecule has 1 aromatic carbocycles. The molecule has 9 heteroatoms. The molecule has 0 unspecified atom stereocenters. The third-order valence-corrected chi connectivity index (χ3v) is 7.68. The molecular weight excluding hydrogens is 478 g/mol. The number of allylic oxidation sites excluding steroid dienone is 1. The van der Waals surface area contributed by atoms with Gasteiger partial charge in [-0.05, 0) is 44.1 Å². The van der Waals surface area contributed by atoms with Crippen LogP contribution < -0.4 is 0 Å². The van der Waals surface area contributed by atoms with E-state index in [0.717, 1.165) is 22.0 Å². The van der Waals surface area contributed by atoms with Crippen molar-refractivity contribution >= 4 is 34.8 Å². The Bertz CT molecular complexity index is 1130. The Morgan fingerprint density at radius 3 is 2.56 bits per heavy atom. The average molecular weight is 512 g/mol. The van der Waals surface area contributed by atoms with Crippen LogP contribution in [-0.2, 0) is 23.9 Å². The van der Waals surface area contributed by atoms with Gasteiger partial charge in [0.2, 0.25) is 5.91 Å². The number of thioether (sulfide) groups is 1. The number of ether oxygens (including phenoxy) is 2. The molecule has 3 heterocycles. The van der Waals surface area contributed by atoms with Gasteiger partial charge in [-0.3, -0.25) is 9.59 Å². The average Bonchev–Trinajstić information content (AvgIpc) is 3.29. The molecule has 1 saturated heterocycles. The third kappa shape index (κ3) is 5.21. The van der Waals surface area contributed by atoms with Crippen LogP contribution in [0.2, 0.25) is 0 Å². The number of likely N-dealkylation sites (tertiary alicyclic amines) is 1. The van der Waals surface area contributed by atoms with E-state index in [0.29, 0.717) is 50.2 Å². The van der Waals surface area contributed by atoms with E-state index < -0.39 is 12.0 Å². The van der Waals surface area contributed by atoms with E-state index in [-0.39, 0.29) is 24.2 Å². The summed E-state index contributed by atoms with van der Waals surface area (Å²) >= 11 is 1.47. The minimum atomic E-state index is -0.427. The number of carbonyl (C=O) groups excluding carboxylic acids is 3. The van der Waals surface area contributed by atoms with Gasteiger partial charge in [0.15, 0.2) is 5.17 Å². The van der Waals surface area contributed by atoms with Gasteiger partial charge in [-0.15, -0.1) is 0 Å². The maximum Gasteiger partial charge on any atom is 0.338 e. The maximum absolute atomic E-state index is 13.3. The molecule has 192 valence electrons. The van der Waals surface area contributed by atoms with Gasteiger partial charge in [-0.25, -0.2) is 9.79 Å². The lowest BCUT2D eigenvalue weighted by Crippen LogP contribution is -2.42. The smallest absolute Gasteiger partial charge is 0.338 e. The number of rotatable bonds is 7. The Morgan fingerprint density at radius 2 is 1.92 bits per heavy atom. The molecule has 0 spiro atoms. The largest absolute Gasteiger partial charge is 0.466 e. The SMILES string of the molecule is CCOC(=O)C1CCN(C(=O)CC2=CSC3=NC(CC)=C(C(=O)OC)[C@H](c4cccc(C)c4)N23)CC1. The second-order valence-electron chi connectivity index (χ2n) is 9.10. The molecular formula is C27H33N3O5S. The zero-order valence-electron chi connectivity index (χ0n) is 21.3. The second kappa shape index (κ2) is 11.3. The van der Waals surface area contributed by atoms with Crippen molar-refractivity contribution in [3.8, 4) is 0 Å². The normalized spacial score (nSPS) is 20.1. The van der Waals surface area contributed by atoms with Gasteiger partial charge in [0.1, 0.15) is 0 Å². The van der Waals surface area contributed by atoms with E-state index in [4.69, 9.17) is 14.5 Å². The predicted molar refractivity (Wildman–Crippen MR) is 139 cm³/mol. The van der Waals surface area contributed by atoms with E-state index in [1.165, 1.54) is 18.9 Å². The van der Waals surface area contributed by atoms with E-state index in [1.807, 2.05) is 47.3 Å². The summed E-state index contributed by atoms with van der Waals surface area (Å²) in [4.78, 5) is 47.0. The van der Waals surface area contributed by atoms with E-state index in [2.05, 4.69) is 6.07 Å². The van der Waals surface area contributed by atoms with E-state index in [9.17, 15) is 14.4 Å². The topological polar surface area (TPSA) is 88.5 Å². The fourth-order valence-electron chi connectivity index (χ4n) is 4.96. The highest BCUT2D eigenvalue weighted by Crippen LogP contribution is 2.45. The number of benzene rings is 1. The Labute approximate surface area is 216 Å². The quantitative estimate of drug-likeness (QED) is 0.504. The van der Waals surface area contributed by atoms with Crippen molar-refractivity contribution in [2.45, 2.75) is 52.5 Å². The first kappa shape index (κ1) is 26.0. The first-order valence-corrected chi connectivity index (χ1v) is 13.3. The van der Waals surface area contributed by atoms with Crippen molar-refractivity contribution in [1.29, 1.82) is 0 Å². The fraction of sp³-hybridized carbons (Fsp3) is 0.481. The van der Waals surface area contributed by atoms with Crippen LogP contribution in [-0.4, -0.2) is 59.6 Å². The number of piperidine rings is 1. The fourth-order valence-corrected chi connectivity index (χ4v) is 5.90. The Hall–Kier alpha value is -3.07. The number of hydrogen-bond acceptors (Lipinski definition) is 8. The number of aliphatic imine (C=N–C) groups is 1. The van der Waals surface area contributed by atoms with Gasteiger partial charge < -0.3 is 19.3 Å².